The van der Waals surface area contributed by atoms with Crippen LogP contribution >= 0.6 is 11.3 Å². The third-order valence-electron chi connectivity index (χ3n) is 1.68. The Morgan fingerprint density at radius 1 is 1.33 bits per heavy atom. The first-order valence-electron chi connectivity index (χ1n) is 3.94. The van der Waals surface area contributed by atoms with Gasteiger partial charge in [-0.05, 0) is 14.1 Å². The van der Waals surface area contributed by atoms with Gasteiger partial charge in [-0.3, -0.25) is 4.98 Å². The van der Waals surface area contributed by atoms with Crippen LogP contribution in [-0.4, -0.2) is 44.1 Å². The minimum Gasteiger partial charge on any atom is -0.364 e. The molecule has 0 amide bonds. The Balaban J connectivity index is 2.34. The van der Waals surface area contributed by atoms with Crippen LogP contribution in [0, 0.1) is 0 Å². The van der Waals surface area contributed by atoms with E-state index in [9.17, 15) is 0 Å². The van der Waals surface area contributed by atoms with Crippen molar-refractivity contribution in [2.45, 2.75) is 0 Å². The second kappa shape index (κ2) is 4.42. The van der Waals surface area contributed by atoms with Crippen molar-refractivity contribution in [1.82, 2.24) is 9.88 Å². The van der Waals surface area contributed by atoms with Crippen LogP contribution < -0.4 is 4.90 Å². The van der Waals surface area contributed by atoms with Gasteiger partial charge >= 0.3 is 0 Å². The van der Waals surface area contributed by atoms with E-state index in [2.05, 4.69) is 35.9 Å². The van der Waals surface area contributed by atoms with Crippen molar-refractivity contribution in [3.8, 4) is 0 Å². The van der Waals surface area contributed by atoms with Crippen LogP contribution in [0.3, 0.4) is 0 Å². The molecule has 0 saturated heterocycles. The molecule has 68 valence electrons. The molecular formula is C8H15N3S. The highest BCUT2D eigenvalue weighted by atomic mass is 32.1. The van der Waals surface area contributed by atoms with Crippen LogP contribution in [0.1, 0.15) is 0 Å². The molecular weight excluding hydrogens is 170 g/mol. The van der Waals surface area contributed by atoms with Gasteiger partial charge in [-0.15, -0.1) is 11.3 Å². The molecule has 0 aliphatic heterocycles. The average Bonchev–Trinajstić information content (AvgIpc) is 2.51. The Labute approximate surface area is 77.6 Å². The van der Waals surface area contributed by atoms with E-state index in [-0.39, 0.29) is 0 Å². The Morgan fingerprint density at radius 3 is 2.58 bits per heavy atom. The van der Waals surface area contributed by atoms with Gasteiger partial charge in [0, 0.05) is 20.1 Å². The second-order valence-corrected chi connectivity index (χ2v) is 3.93. The topological polar surface area (TPSA) is 19.4 Å². The fourth-order valence-corrected chi connectivity index (χ4v) is 1.48. The molecule has 0 fully saturated rings. The number of hydrogen-bond acceptors (Lipinski definition) is 4. The molecule has 1 rings (SSSR count). The van der Waals surface area contributed by atoms with Crippen LogP contribution in [0.25, 0.3) is 0 Å². The first-order valence-corrected chi connectivity index (χ1v) is 4.82. The lowest BCUT2D eigenvalue weighted by Crippen LogP contribution is -2.27. The first-order chi connectivity index (χ1) is 5.70. The molecule has 3 nitrogen and oxygen atoms in total. The summed E-state index contributed by atoms with van der Waals surface area (Å²) in [6, 6.07) is 0. The average molecular weight is 185 g/mol. The van der Waals surface area contributed by atoms with Crippen LogP contribution in [0.15, 0.2) is 11.7 Å². The summed E-state index contributed by atoms with van der Waals surface area (Å²) in [4.78, 5) is 8.43. The van der Waals surface area contributed by atoms with Crippen molar-refractivity contribution in [3.05, 3.63) is 11.7 Å². The van der Waals surface area contributed by atoms with Crippen molar-refractivity contribution in [1.29, 1.82) is 0 Å². The molecule has 12 heavy (non-hydrogen) atoms. The summed E-state index contributed by atoms with van der Waals surface area (Å²) in [7, 11) is 6.26. The van der Waals surface area contributed by atoms with Gasteiger partial charge < -0.3 is 9.80 Å². The largest absolute Gasteiger partial charge is 0.364 e. The monoisotopic (exact) mass is 185 g/mol. The van der Waals surface area contributed by atoms with E-state index in [4.69, 9.17) is 0 Å². The number of nitrogens with zero attached hydrogens (tertiary/aromatic N) is 3. The van der Waals surface area contributed by atoms with Crippen LogP contribution in [-0.2, 0) is 0 Å². The summed E-state index contributed by atoms with van der Waals surface area (Å²) < 4.78 is 0. The predicted molar refractivity (Wildman–Crippen MR) is 53.9 cm³/mol. The molecule has 0 atom stereocenters. The zero-order chi connectivity index (χ0) is 8.97. The van der Waals surface area contributed by atoms with E-state index in [0.717, 1.165) is 13.1 Å². The minimum absolute atomic E-state index is 1.05. The molecule has 1 heterocycles. The zero-order valence-corrected chi connectivity index (χ0v) is 8.64. The summed E-state index contributed by atoms with van der Waals surface area (Å²) >= 11 is 1.68. The lowest BCUT2D eigenvalue weighted by Gasteiger charge is -2.18. The Hall–Kier alpha value is -0.610. The summed E-state index contributed by atoms with van der Waals surface area (Å²) in [6.45, 7) is 2.13. The SMILES string of the molecule is CN(C)CCN(C)c1cncs1. The zero-order valence-electron chi connectivity index (χ0n) is 7.82. The van der Waals surface area contributed by atoms with E-state index < -0.39 is 0 Å². The highest BCUT2D eigenvalue weighted by molar-refractivity contribution is 7.13. The van der Waals surface area contributed by atoms with Crippen LogP contribution in [0.5, 0.6) is 0 Å². The fourth-order valence-electron chi connectivity index (χ4n) is 0.858. The molecule has 0 bridgehead atoms. The summed E-state index contributed by atoms with van der Waals surface area (Å²) in [5.41, 5.74) is 1.86. The maximum atomic E-state index is 4.03. The normalized spacial score (nSPS) is 10.7. The first kappa shape index (κ1) is 9.48. The number of anilines is 1. The number of hydrogen-bond donors (Lipinski definition) is 0. The summed E-state index contributed by atoms with van der Waals surface area (Å²) in [5.74, 6) is 0. The molecule has 0 aliphatic carbocycles. The summed E-state index contributed by atoms with van der Waals surface area (Å²) in [5, 5.41) is 1.23. The number of thiazole rings is 1. The van der Waals surface area contributed by atoms with Gasteiger partial charge in [0.05, 0.1) is 11.7 Å². The molecule has 4 heteroatoms. The fraction of sp³-hybridized carbons (Fsp3) is 0.625. The van der Waals surface area contributed by atoms with Gasteiger partial charge in [0.2, 0.25) is 0 Å². The number of rotatable bonds is 4. The molecule has 0 spiro atoms. The molecule has 1 aromatic rings. The molecule has 0 unspecified atom stereocenters. The van der Waals surface area contributed by atoms with E-state index in [0.29, 0.717) is 0 Å². The number of likely N-dealkylation sites (N-methyl/N-ethyl adjacent to an activating group) is 2. The van der Waals surface area contributed by atoms with E-state index in [1.165, 1.54) is 5.00 Å². The van der Waals surface area contributed by atoms with Gasteiger partial charge in [0.1, 0.15) is 5.00 Å². The third-order valence-corrected chi connectivity index (χ3v) is 2.56. The highest BCUT2D eigenvalue weighted by Crippen LogP contribution is 2.16. The van der Waals surface area contributed by atoms with Gasteiger partial charge in [0.15, 0.2) is 0 Å². The van der Waals surface area contributed by atoms with E-state index in [1.807, 2.05) is 11.7 Å². The Morgan fingerprint density at radius 2 is 2.08 bits per heavy atom. The molecule has 1 aromatic heterocycles. The van der Waals surface area contributed by atoms with Crippen molar-refractivity contribution in [3.63, 3.8) is 0 Å². The standard InChI is InChI=1S/C8H15N3S/c1-10(2)4-5-11(3)8-6-9-7-12-8/h6-7H,4-5H2,1-3H3. The molecule has 0 saturated carbocycles. The smallest absolute Gasteiger partial charge is 0.111 e. The lowest BCUT2D eigenvalue weighted by atomic mass is 10.5. The van der Waals surface area contributed by atoms with E-state index >= 15 is 0 Å². The molecule has 0 aromatic carbocycles. The van der Waals surface area contributed by atoms with Gasteiger partial charge in [0.25, 0.3) is 0 Å². The van der Waals surface area contributed by atoms with Crippen molar-refractivity contribution in [2.24, 2.45) is 0 Å². The summed E-state index contributed by atoms with van der Waals surface area (Å²) in [6.07, 6.45) is 1.90. The molecule has 0 radical (unpaired) electrons. The molecule has 0 aliphatic rings. The predicted octanol–water partition coefficient (Wildman–Crippen LogP) is 1.14. The second-order valence-electron chi connectivity index (χ2n) is 3.06. The minimum atomic E-state index is 1.05. The maximum Gasteiger partial charge on any atom is 0.111 e. The van der Waals surface area contributed by atoms with E-state index in [1.54, 1.807) is 11.3 Å². The van der Waals surface area contributed by atoms with Gasteiger partial charge in [-0.1, -0.05) is 0 Å². The maximum absolute atomic E-state index is 4.03. The quantitative estimate of drug-likeness (QED) is 0.701. The van der Waals surface area contributed by atoms with Crippen molar-refractivity contribution < 1.29 is 0 Å². The molecule has 0 N–H and O–H groups in total. The third kappa shape index (κ3) is 2.79. The van der Waals surface area contributed by atoms with Crippen molar-refractivity contribution >= 4 is 16.3 Å². The van der Waals surface area contributed by atoms with Crippen molar-refractivity contribution in [2.75, 3.05) is 39.1 Å². The Kier molecular flexibility index (Phi) is 3.49. The van der Waals surface area contributed by atoms with Crippen LogP contribution in [0.2, 0.25) is 0 Å². The van der Waals surface area contributed by atoms with Gasteiger partial charge in [-0.25, -0.2) is 0 Å². The Bertz CT molecular complexity index is 208. The van der Waals surface area contributed by atoms with Gasteiger partial charge in [-0.2, -0.15) is 0 Å². The highest BCUT2D eigenvalue weighted by Gasteiger charge is 2.01. The van der Waals surface area contributed by atoms with Crippen LogP contribution in [0.4, 0.5) is 5.00 Å². The number of aromatic nitrogens is 1. The lowest BCUT2D eigenvalue weighted by molar-refractivity contribution is 0.417.